The maximum Gasteiger partial charge on any atom is 0.248 e. The molecule has 29 heavy (non-hydrogen) atoms. The monoisotopic (exact) mass is 397 g/mol. The maximum absolute atomic E-state index is 13.4. The zero-order valence-electron chi connectivity index (χ0n) is 16.7. The Morgan fingerprint density at radius 3 is 2.55 bits per heavy atom. The molecule has 1 aromatic carbocycles. The lowest BCUT2D eigenvalue weighted by atomic mass is 9.86. The second-order valence-corrected chi connectivity index (χ2v) is 7.91. The van der Waals surface area contributed by atoms with Gasteiger partial charge in [0, 0.05) is 30.5 Å². The second kappa shape index (κ2) is 7.93. The summed E-state index contributed by atoms with van der Waals surface area (Å²) >= 11 is 0. The van der Waals surface area contributed by atoms with Gasteiger partial charge in [0.15, 0.2) is 0 Å². The molecule has 0 spiro atoms. The molecule has 1 aliphatic rings. The molecule has 3 aromatic rings. The average Bonchev–Trinajstić information content (AvgIpc) is 3.18. The molecular weight excluding hydrogens is 372 g/mol. The number of alkyl halides is 2. The Bertz CT molecular complexity index is 972. The maximum atomic E-state index is 13.4. The molecule has 1 fully saturated rings. The summed E-state index contributed by atoms with van der Waals surface area (Å²) in [5, 5.41) is 0. The number of rotatable bonds is 5. The fourth-order valence-electron chi connectivity index (χ4n) is 3.72. The van der Waals surface area contributed by atoms with Gasteiger partial charge in [0.05, 0.1) is 17.6 Å². The number of ether oxygens (including phenoxy) is 1. The number of benzene rings is 1. The smallest absolute Gasteiger partial charge is 0.248 e. The highest BCUT2D eigenvalue weighted by Gasteiger charge is 2.36. The van der Waals surface area contributed by atoms with Crippen LogP contribution < -0.4 is 4.74 Å². The van der Waals surface area contributed by atoms with Gasteiger partial charge in [-0.15, -0.1) is 0 Å². The van der Waals surface area contributed by atoms with Crippen LogP contribution in [-0.4, -0.2) is 20.9 Å². The van der Waals surface area contributed by atoms with E-state index in [-0.39, 0.29) is 18.8 Å². The summed E-state index contributed by atoms with van der Waals surface area (Å²) in [6.07, 6.45) is 4.44. The van der Waals surface area contributed by atoms with E-state index in [0.29, 0.717) is 19.4 Å². The summed E-state index contributed by atoms with van der Waals surface area (Å²) in [7, 11) is 0. The molecule has 0 bridgehead atoms. The quantitative estimate of drug-likeness (QED) is 0.578. The first-order valence-electron chi connectivity index (χ1n) is 9.98. The van der Waals surface area contributed by atoms with E-state index < -0.39 is 5.92 Å². The summed E-state index contributed by atoms with van der Waals surface area (Å²) in [4.78, 5) is 12.1. The number of H-pyrrole nitrogens is 1. The number of nitrogens with one attached hydrogen (secondary N) is 1. The van der Waals surface area contributed by atoms with Crippen molar-refractivity contribution < 1.29 is 13.5 Å². The van der Waals surface area contributed by atoms with Gasteiger partial charge < -0.3 is 9.72 Å². The lowest BCUT2D eigenvalue weighted by molar-refractivity contribution is -0.0387. The van der Waals surface area contributed by atoms with E-state index in [1.807, 2.05) is 50.4 Å². The fourth-order valence-corrected chi connectivity index (χ4v) is 3.72. The molecule has 0 amide bonds. The molecule has 0 unspecified atom stereocenters. The number of hydrogen-bond acceptors (Lipinski definition) is 3. The van der Waals surface area contributed by atoms with Crippen molar-refractivity contribution in [2.75, 3.05) is 0 Å². The minimum Gasteiger partial charge on any atom is -0.487 e. The Morgan fingerprint density at radius 2 is 1.86 bits per heavy atom. The summed E-state index contributed by atoms with van der Waals surface area (Å²) in [6.45, 7) is 4.42. The van der Waals surface area contributed by atoms with Gasteiger partial charge in [-0.25, -0.2) is 13.8 Å². The third-order valence-electron chi connectivity index (χ3n) is 5.53. The van der Waals surface area contributed by atoms with Crippen molar-refractivity contribution in [3.63, 3.8) is 0 Å². The van der Waals surface area contributed by atoms with Crippen LogP contribution in [0.2, 0.25) is 0 Å². The van der Waals surface area contributed by atoms with Crippen molar-refractivity contribution in [1.82, 2.24) is 15.0 Å². The van der Waals surface area contributed by atoms with Crippen LogP contribution in [0.15, 0.2) is 42.7 Å². The first kappa shape index (κ1) is 19.6. The van der Waals surface area contributed by atoms with E-state index in [4.69, 9.17) is 4.74 Å². The molecule has 1 saturated carbocycles. The number of imidazole rings is 1. The van der Waals surface area contributed by atoms with E-state index in [1.165, 1.54) is 0 Å². The molecule has 4 nitrogen and oxygen atoms in total. The molecule has 4 rings (SSSR count). The number of aromatic nitrogens is 3. The van der Waals surface area contributed by atoms with Crippen molar-refractivity contribution in [2.24, 2.45) is 0 Å². The van der Waals surface area contributed by atoms with E-state index in [1.54, 1.807) is 6.20 Å². The van der Waals surface area contributed by atoms with Crippen LogP contribution in [0.4, 0.5) is 8.78 Å². The number of aryl methyl sites for hydroxylation is 2. The minimum absolute atomic E-state index is 0.0608. The standard InChI is InChI=1S/C23H25F2N3O/c1-15-3-5-19(26-12-15)14-29-21-6-4-18(11-16(21)2)20-13-27-22(28-20)17-7-9-23(24,25)10-8-17/h3-6,11-13,17H,7-10,14H2,1-2H3,(H,27,28). The third kappa shape index (κ3) is 4.63. The molecule has 0 atom stereocenters. The molecule has 2 heterocycles. The van der Waals surface area contributed by atoms with Gasteiger partial charge in [-0.05, 0) is 62.1 Å². The van der Waals surface area contributed by atoms with Crippen molar-refractivity contribution >= 4 is 0 Å². The number of hydrogen-bond donors (Lipinski definition) is 1. The van der Waals surface area contributed by atoms with Crippen molar-refractivity contribution in [2.45, 2.75) is 58.0 Å². The topological polar surface area (TPSA) is 50.8 Å². The lowest BCUT2D eigenvalue weighted by Gasteiger charge is -2.26. The minimum atomic E-state index is -2.52. The SMILES string of the molecule is Cc1ccc(COc2ccc(-c3cnc(C4CCC(F)(F)CC4)[nH]3)cc2C)nc1. The first-order valence-corrected chi connectivity index (χ1v) is 9.98. The van der Waals surface area contributed by atoms with Gasteiger partial charge in [-0.1, -0.05) is 6.07 Å². The second-order valence-electron chi connectivity index (χ2n) is 7.91. The molecule has 6 heteroatoms. The zero-order valence-corrected chi connectivity index (χ0v) is 16.7. The van der Waals surface area contributed by atoms with E-state index in [9.17, 15) is 8.78 Å². The Morgan fingerprint density at radius 1 is 1.07 bits per heavy atom. The number of pyridine rings is 1. The summed E-state index contributed by atoms with van der Waals surface area (Å²) in [6, 6.07) is 9.96. The van der Waals surface area contributed by atoms with Crippen LogP contribution in [0.25, 0.3) is 11.3 Å². The van der Waals surface area contributed by atoms with Crippen LogP contribution in [0, 0.1) is 13.8 Å². The highest BCUT2D eigenvalue weighted by molar-refractivity contribution is 5.61. The molecular formula is C23H25F2N3O. The third-order valence-corrected chi connectivity index (χ3v) is 5.53. The highest BCUT2D eigenvalue weighted by Crippen LogP contribution is 2.40. The summed E-state index contributed by atoms with van der Waals surface area (Å²) < 4.78 is 32.7. The molecule has 2 aromatic heterocycles. The predicted octanol–water partition coefficient (Wildman–Crippen LogP) is 5.96. The van der Waals surface area contributed by atoms with E-state index in [0.717, 1.165) is 39.7 Å². The average molecular weight is 397 g/mol. The summed E-state index contributed by atoms with van der Waals surface area (Å²) in [5.41, 5.74) is 4.92. The zero-order chi connectivity index (χ0) is 20.4. The normalized spacial score (nSPS) is 16.7. The first-order chi connectivity index (χ1) is 13.9. The van der Waals surface area contributed by atoms with Crippen LogP contribution in [0.1, 0.15) is 54.2 Å². The molecule has 152 valence electrons. The lowest BCUT2D eigenvalue weighted by Crippen LogP contribution is -2.24. The molecule has 0 radical (unpaired) electrons. The van der Waals surface area contributed by atoms with Crippen molar-refractivity contribution in [3.8, 4) is 17.0 Å². The van der Waals surface area contributed by atoms with Crippen LogP contribution in [0.3, 0.4) is 0 Å². The largest absolute Gasteiger partial charge is 0.487 e. The highest BCUT2D eigenvalue weighted by atomic mass is 19.3. The molecule has 0 aliphatic heterocycles. The summed E-state index contributed by atoms with van der Waals surface area (Å²) in [5.74, 6) is -0.828. The Labute approximate surface area is 169 Å². The van der Waals surface area contributed by atoms with Crippen LogP contribution >= 0.6 is 0 Å². The fraction of sp³-hybridized carbons (Fsp3) is 0.391. The number of halogens is 2. The van der Waals surface area contributed by atoms with Crippen LogP contribution in [-0.2, 0) is 6.61 Å². The van der Waals surface area contributed by atoms with Crippen molar-refractivity contribution in [3.05, 3.63) is 65.4 Å². The van der Waals surface area contributed by atoms with E-state index in [2.05, 4.69) is 15.0 Å². The predicted molar refractivity (Wildman–Crippen MR) is 108 cm³/mol. The van der Waals surface area contributed by atoms with Gasteiger partial charge in [0.25, 0.3) is 0 Å². The molecule has 1 aliphatic carbocycles. The van der Waals surface area contributed by atoms with Crippen LogP contribution in [0.5, 0.6) is 5.75 Å². The molecule has 1 N–H and O–H groups in total. The van der Waals surface area contributed by atoms with Gasteiger partial charge in [-0.3, -0.25) is 4.98 Å². The number of nitrogens with zero attached hydrogens (tertiary/aromatic N) is 2. The Kier molecular flexibility index (Phi) is 5.35. The van der Waals surface area contributed by atoms with Gasteiger partial charge in [0.2, 0.25) is 5.92 Å². The van der Waals surface area contributed by atoms with E-state index >= 15 is 0 Å². The number of aromatic amines is 1. The van der Waals surface area contributed by atoms with Crippen molar-refractivity contribution in [1.29, 1.82) is 0 Å². The Balaban J connectivity index is 1.43. The van der Waals surface area contributed by atoms with Gasteiger partial charge >= 0.3 is 0 Å². The molecule has 0 saturated heterocycles. The van der Waals surface area contributed by atoms with Gasteiger partial charge in [-0.2, -0.15) is 0 Å². The van der Waals surface area contributed by atoms with Gasteiger partial charge in [0.1, 0.15) is 18.2 Å². The Hall–Kier alpha value is -2.76.